The molecule has 2 N–H and O–H groups in total. The Kier molecular flexibility index (Phi) is 4.89. The number of carbonyl (C=O) groups is 1. The largest absolute Gasteiger partial charge is 0.444 e. The fourth-order valence-electron chi connectivity index (χ4n) is 3.92. The highest BCUT2D eigenvalue weighted by atomic mass is 35.5. The maximum absolute atomic E-state index is 13.2. The summed E-state index contributed by atoms with van der Waals surface area (Å²) in [5, 5.41) is 10.8. The smallest absolute Gasteiger partial charge is 0.205 e. The molecule has 1 aliphatic carbocycles. The number of benzene rings is 2. The van der Waals surface area contributed by atoms with Gasteiger partial charge >= 0.3 is 0 Å². The number of nitriles is 1. The highest BCUT2D eigenvalue weighted by Crippen LogP contribution is 2.47. The Balaban J connectivity index is 1.80. The van der Waals surface area contributed by atoms with Crippen LogP contribution >= 0.6 is 23.2 Å². The summed E-state index contributed by atoms with van der Waals surface area (Å²) in [6, 6.07) is 16.7. The Bertz CT molecular complexity index is 1060. The van der Waals surface area contributed by atoms with Gasteiger partial charge in [0.15, 0.2) is 5.78 Å². The predicted molar refractivity (Wildman–Crippen MR) is 108 cm³/mol. The van der Waals surface area contributed by atoms with Crippen LogP contribution in [0.15, 0.2) is 71.3 Å². The zero-order valence-corrected chi connectivity index (χ0v) is 16.3. The van der Waals surface area contributed by atoms with E-state index in [4.69, 9.17) is 33.7 Å². The number of carbonyl (C=O) groups excluding carboxylic acids is 1. The van der Waals surface area contributed by atoms with Gasteiger partial charge in [-0.1, -0.05) is 53.5 Å². The zero-order chi connectivity index (χ0) is 19.8. The molecule has 0 spiro atoms. The fourth-order valence-corrected chi connectivity index (χ4v) is 4.34. The predicted octanol–water partition coefficient (Wildman–Crippen LogP) is 5.20. The normalized spacial score (nSPS) is 21.8. The van der Waals surface area contributed by atoms with Crippen molar-refractivity contribution in [1.29, 1.82) is 5.26 Å². The maximum Gasteiger partial charge on any atom is 0.205 e. The molecule has 0 unspecified atom stereocenters. The number of allylic oxidation sites excluding steroid dienone is 3. The second-order valence-electron chi connectivity index (χ2n) is 6.86. The van der Waals surface area contributed by atoms with E-state index in [1.54, 1.807) is 24.3 Å². The van der Waals surface area contributed by atoms with Gasteiger partial charge in [-0.25, -0.2) is 0 Å². The molecule has 4 nitrogen and oxygen atoms in total. The Morgan fingerprint density at radius 3 is 2.46 bits per heavy atom. The van der Waals surface area contributed by atoms with Crippen LogP contribution in [0.3, 0.4) is 0 Å². The quantitative estimate of drug-likeness (QED) is 0.737. The van der Waals surface area contributed by atoms with E-state index in [9.17, 15) is 10.1 Å². The van der Waals surface area contributed by atoms with Gasteiger partial charge in [0.25, 0.3) is 0 Å². The first-order valence-corrected chi connectivity index (χ1v) is 9.59. The van der Waals surface area contributed by atoms with Crippen molar-refractivity contribution in [3.05, 3.63) is 92.5 Å². The average Bonchev–Trinajstić information content (AvgIpc) is 2.68. The van der Waals surface area contributed by atoms with Gasteiger partial charge in [0.05, 0.1) is 5.92 Å². The van der Waals surface area contributed by atoms with Crippen molar-refractivity contribution in [1.82, 2.24) is 0 Å². The molecule has 2 atom stereocenters. The molecule has 6 heteroatoms. The van der Waals surface area contributed by atoms with Gasteiger partial charge in [-0.3, -0.25) is 4.79 Å². The van der Waals surface area contributed by atoms with Crippen molar-refractivity contribution >= 4 is 29.0 Å². The van der Waals surface area contributed by atoms with Crippen LogP contribution in [-0.2, 0) is 9.53 Å². The van der Waals surface area contributed by atoms with Gasteiger partial charge < -0.3 is 10.5 Å². The first kappa shape index (κ1) is 18.6. The van der Waals surface area contributed by atoms with Crippen molar-refractivity contribution in [3.8, 4) is 6.07 Å². The van der Waals surface area contributed by atoms with Crippen LogP contribution in [0.5, 0.6) is 0 Å². The van der Waals surface area contributed by atoms with Crippen LogP contribution in [0.2, 0.25) is 10.0 Å². The summed E-state index contributed by atoms with van der Waals surface area (Å²) in [6.07, 6.45) is 0.795. The molecule has 140 valence electrons. The fraction of sp³-hybridized carbons (Fsp3) is 0.182. The molecule has 0 radical (unpaired) electrons. The molecule has 0 fully saturated rings. The van der Waals surface area contributed by atoms with E-state index in [1.807, 2.05) is 24.3 Å². The molecular weight excluding hydrogens is 395 g/mol. The monoisotopic (exact) mass is 410 g/mol. The Morgan fingerprint density at radius 1 is 1.07 bits per heavy atom. The van der Waals surface area contributed by atoms with Gasteiger partial charge in [0.1, 0.15) is 17.4 Å². The molecule has 28 heavy (non-hydrogen) atoms. The van der Waals surface area contributed by atoms with Crippen LogP contribution in [0, 0.1) is 11.3 Å². The summed E-state index contributed by atoms with van der Waals surface area (Å²) in [6.45, 7) is 0. The van der Waals surface area contributed by atoms with Crippen LogP contribution in [0.25, 0.3) is 0 Å². The molecule has 1 heterocycles. The second kappa shape index (κ2) is 7.35. The maximum atomic E-state index is 13.2. The first-order valence-electron chi connectivity index (χ1n) is 8.83. The van der Waals surface area contributed by atoms with E-state index >= 15 is 0 Å². The number of ether oxygens (including phenoxy) is 1. The lowest BCUT2D eigenvalue weighted by atomic mass is 9.73. The third kappa shape index (κ3) is 3.17. The van der Waals surface area contributed by atoms with Crippen LogP contribution in [0.1, 0.15) is 35.8 Å². The van der Waals surface area contributed by atoms with Crippen molar-refractivity contribution in [2.75, 3.05) is 0 Å². The second-order valence-corrected chi connectivity index (χ2v) is 7.71. The minimum Gasteiger partial charge on any atom is -0.444 e. The van der Waals surface area contributed by atoms with Gasteiger partial charge in [-0.05, 0) is 35.2 Å². The van der Waals surface area contributed by atoms with Crippen molar-refractivity contribution < 1.29 is 9.53 Å². The molecule has 2 aromatic carbocycles. The topological polar surface area (TPSA) is 76.1 Å². The molecule has 0 amide bonds. The first-order chi connectivity index (χ1) is 13.5. The minimum atomic E-state index is -0.550. The lowest BCUT2D eigenvalue weighted by molar-refractivity contribution is -0.117. The third-order valence-electron chi connectivity index (χ3n) is 5.21. The van der Waals surface area contributed by atoms with E-state index in [0.717, 1.165) is 11.1 Å². The summed E-state index contributed by atoms with van der Waals surface area (Å²) in [5.74, 6) is -0.161. The van der Waals surface area contributed by atoms with Gasteiger partial charge in [0, 0.05) is 28.5 Å². The molecule has 1 aliphatic heterocycles. The zero-order valence-electron chi connectivity index (χ0n) is 14.8. The van der Waals surface area contributed by atoms with Crippen LogP contribution in [0.4, 0.5) is 0 Å². The molecule has 0 saturated heterocycles. The molecule has 2 aromatic rings. The van der Waals surface area contributed by atoms with Crippen LogP contribution in [-0.4, -0.2) is 5.78 Å². The molecule has 0 bridgehead atoms. The molecule has 0 aromatic heterocycles. The Morgan fingerprint density at radius 2 is 1.79 bits per heavy atom. The number of Topliss-reactive ketones (excluding diaryl/α,β-unsaturated/α-hetero) is 1. The Hall–Kier alpha value is -2.74. The highest BCUT2D eigenvalue weighted by molar-refractivity contribution is 6.31. The number of nitrogens with zero attached hydrogens (tertiary/aromatic N) is 1. The Labute approximate surface area is 172 Å². The lowest BCUT2D eigenvalue weighted by Gasteiger charge is -2.34. The number of rotatable bonds is 2. The number of hydrogen-bond acceptors (Lipinski definition) is 4. The van der Waals surface area contributed by atoms with Crippen molar-refractivity contribution in [2.24, 2.45) is 5.73 Å². The summed E-state index contributed by atoms with van der Waals surface area (Å²) < 4.78 is 5.76. The summed E-state index contributed by atoms with van der Waals surface area (Å²) in [5.41, 5.74) is 8.48. The number of hydrogen-bond donors (Lipinski definition) is 1. The molecule has 2 aliphatic rings. The number of nitrogens with two attached hydrogens (primary N) is 1. The van der Waals surface area contributed by atoms with E-state index in [2.05, 4.69) is 6.07 Å². The summed E-state index contributed by atoms with van der Waals surface area (Å²) in [4.78, 5) is 13.2. The lowest BCUT2D eigenvalue weighted by Crippen LogP contribution is -2.29. The summed E-state index contributed by atoms with van der Waals surface area (Å²) in [7, 11) is 0. The average molecular weight is 411 g/mol. The summed E-state index contributed by atoms with van der Waals surface area (Å²) >= 11 is 12.3. The number of ketones is 1. The van der Waals surface area contributed by atoms with Crippen molar-refractivity contribution in [3.63, 3.8) is 0 Å². The van der Waals surface area contributed by atoms with E-state index < -0.39 is 5.92 Å². The molecule has 0 saturated carbocycles. The van der Waals surface area contributed by atoms with E-state index in [0.29, 0.717) is 34.2 Å². The third-order valence-corrected chi connectivity index (χ3v) is 5.81. The van der Waals surface area contributed by atoms with E-state index in [1.165, 1.54) is 0 Å². The SMILES string of the molecule is N#CC1=C(N)OC2=C(C(=O)C[C@@H](c3ccccc3Cl)C2)[C@@H]1c1ccc(Cl)cc1. The van der Waals surface area contributed by atoms with E-state index in [-0.39, 0.29) is 23.2 Å². The molecular formula is C22H16Cl2N2O2. The number of halogens is 2. The van der Waals surface area contributed by atoms with Crippen LogP contribution < -0.4 is 5.73 Å². The minimum absolute atomic E-state index is 0.0359. The highest BCUT2D eigenvalue weighted by Gasteiger charge is 2.41. The van der Waals surface area contributed by atoms with Gasteiger partial charge in [-0.2, -0.15) is 5.26 Å². The standard InChI is InChI=1S/C22H16Cl2N2O2/c23-14-7-5-12(6-8-14)20-16(11-25)22(26)28-19-10-13(9-18(27)21(19)20)15-3-1-2-4-17(15)24/h1-8,13,20H,9-10,26H2/t13-,20-/m1/s1. The van der Waals surface area contributed by atoms with Gasteiger partial charge in [-0.15, -0.1) is 0 Å². The van der Waals surface area contributed by atoms with Gasteiger partial charge in [0.2, 0.25) is 5.88 Å². The molecule has 4 rings (SSSR count). The van der Waals surface area contributed by atoms with Crippen molar-refractivity contribution in [2.45, 2.75) is 24.7 Å².